The molecule has 0 aliphatic rings. The van der Waals surface area contributed by atoms with Crippen molar-refractivity contribution in [2.45, 2.75) is 17.9 Å². The minimum absolute atomic E-state index is 0.511. The lowest BCUT2D eigenvalue weighted by Crippen LogP contribution is -2.50. The third-order valence-corrected chi connectivity index (χ3v) is 3.30. The number of rotatable bonds is 8. The van der Waals surface area contributed by atoms with Crippen LogP contribution in [-0.2, 0) is 23.8 Å². The molecule has 8 heteroatoms. The molecule has 18 heavy (non-hydrogen) atoms. The molecular formula is C10H18O7Si. The Morgan fingerprint density at radius 2 is 1.78 bits per heavy atom. The Labute approximate surface area is 108 Å². The van der Waals surface area contributed by atoms with Gasteiger partial charge in [-0.2, -0.15) is 0 Å². The maximum Gasteiger partial charge on any atom is 0.337 e. The number of hydrogen-bond acceptors (Lipinski definition) is 5. The summed E-state index contributed by atoms with van der Waals surface area (Å²) < 4.78 is 15.4. The first kappa shape index (κ1) is 16.8. The number of carboxylic acid groups (broad SMARTS) is 2. The SMILES string of the molecule is COC(C[SiH3])C(OC)(OC)/C(=C/C(=O)O)C(=O)O. The van der Waals surface area contributed by atoms with Gasteiger partial charge >= 0.3 is 11.9 Å². The van der Waals surface area contributed by atoms with Crippen molar-refractivity contribution in [1.82, 2.24) is 0 Å². The van der Waals surface area contributed by atoms with E-state index in [1.807, 2.05) is 0 Å². The van der Waals surface area contributed by atoms with Crippen LogP contribution in [-0.4, -0.2) is 65.6 Å². The molecule has 0 rings (SSSR count). The third kappa shape index (κ3) is 3.39. The van der Waals surface area contributed by atoms with E-state index in [4.69, 9.17) is 24.4 Å². The van der Waals surface area contributed by atoms with Gasteiger partial charge in [0.25, 0.3) is 0 Å². The van der Waals surface area contributed by atoms with Gasteiger partial charge in [0.15, 0.2) is 0 Å². The van der Waals surface area contributed by atoms with Gasteiger partial charge in [-0.1, -0.05) is 0 Å². The van der Waals surface area contributed by atoms with Gasteiger partial charge in [0.2, 0.25) is 5.79 Å². The summed E-state index contributed by atoms with van der Waals surface area (Å²) >= 11 is 0. The molecule has 0 aromatic heterocycles. The summed E-state index contributed by atoms with van der Waals surface area (Å²) in [6, 6.07) is 0.516. The summed E-state index contributed by atoms with van der Waals surface area (Å²) in [7, 11) is 4.58. The summed E-state index contributed by atoms with van der Waals surface area (Å²) in [4.78, 5) is 21.9. The van der Waals surface area contributed by atoms with Crippen molar-refractivity contribution in [3.05, 3.63) is 11.6 Å². The Bertz CT molecular complexity index is 331. The molecule has 1 atom stereocenters. The standard InChI is InChI=1S/C10H18O7Si/c1-15-7(5-18)10(16-2,17-3)6(9(13)14)4-8(11)12/h4,7H,5H2,1-3,18H3,(H,11,12)(H,13,14)/b6-4+. The van der Waals surface area contributed by atoms with E-state index in [1.54, 1.807) is 0 Å². The van der Waals surface area contributed by atoms with Crippen molar-refractivity contribution in [3.8, 4) is 0 Å². The van der Waals surface area contributed by atoms with Gasteiger partial charge in [-0.15, -0.1) is 0 Å². The highest BCUT2D eigenvalue weighted by molar-refractivity contribution is 6.09. The van der Waals surface area contributed by atoms with Crippen LogP contribution < -0.4 is 0 Å². The van der Waals surface area contributed by atoms with Crippen molar-refractivity contribution in [2.75, 3.05) is 21.3 Å². The van der Waals surface area contributed by atoms with Crippen molar-refractivity contribution in [3.63, 3.8) is 0 Å². The molecule has 0 saturated heterocycles. The number of carboxylic acids is 2. The van der Waals surface area contributed by atoms with E-state index in [9.17, 15) is 9.59 Å². The Morgan fingerprint density at radius 3 is 2.00 bits per heavy atom. The second kappa shape index (κ2) is 7.26. The van der Waals surface area contributed by atoms with Crippen molar-refractivity contribution in [1.29, 1.82) is 0 Å². The van der Waals surface area contributed by atoms with E-state index in [-0.39, 0.29) is 0 Å². The number of hydrogen-bond donors (Lipinski definition) is 2. The summed E-state index contributed by atoms with van der Waals surface area (Å²) in [5.74, 6) is -4.56. The Kier molecular flexibility index (Phi) is 6.77. The van der Waals surface area contributed by atoms with Crippen LogP contribution in [0.25, 0.3) is 0 Å². The van der Waals surface area contributed by atoms with Crippen LogP contribution in [0.3, 0.4) is 0 Å². The number of methoxy groups -OCH3 is 3. The predicted molar refractivity (Wildman–Crippen MR) is 65.6 cm³/mol. The van der Waals surface area contributed by atoms with Crippen LogP contribution in [0.4, 0.5) is 0 Å². The molecule has 0 heterocycles. The van der Waals surface area contributed by atoms with Crippen LogP contribution in [0.5, 0.6) is 0 Å². The van der Waals surface area contributed by atoms with E-state index in [0.717, 1.165) is 0 Å². The smallest absolute Gasteiger partial charge is 0.337 e. The molecule has 2 N–H and O–H groups in total. The lowest BCUT2D eigenvalue weighted by molar-refractivity contribution is -0.236. The van der Waals surface area contributed by atoms with E-state index in [0.29, 0.717) is 22.4 Å². The highest BCUT2D eigenvalue weighted by Gasteiger charge is 2.46. The molecule has 104 valence electrons. The number of ether oxygens (including phenoxy) is 3. The quantitative estimate of drug-likeness (QED) is 0.329. The molecule has 0 aromatic carbocycles. The summed E-state index contributed by atoms with van der Waals surface area (Å²) in [6.07, 6.45) is -0.140. The minimum Gasteiger partial charge on any atom is -0.478 e. The van der Waals surface area contributed by atoms with Gasteiger partial charge < -0.3 is 24.4 Å². The van der Waals surface area contributed by atoms with E-state index >= 15 is 0 Å². The molecule has 0 aliphatic carbocycles. The van der Waals surface area contributed by atoms with Crippen LogP contribution in [0.2, 0.25) is 6.04 Å². The fourth-order valence-corrected chi connectivity index (χ4v) is 2.64. The van der Waals surface area contributed by atoms with E-state index in [2.05, 4.69) is 0 Å². The molecule has 0 saturated carbocycles. The van der Waals surface area contributed by atoms with Crippen LogP contribution in [0.15, 0.2) is 11.6 Å². The predicted octanol–water partition coefficient (Wildman–Crippen LogP) is -1.13. The highest BCUT2D eigenvalue weighted by atomic mass is 28.1. The first-order valence-corrected chi connectivity index (χ1v) is 6.62. The normalized spacial score (nSPS) is 14.5. The molecule has 0 fully saturated rings. The van der Waals surface area contributed by atoms with Crippen molar-refractivity contribution in [2.24, 2.45) is 0 Å². The summed E-state index contributed by atoms with van der Waals surface area (Å²) in [5.41, 5.74) is -0.511. The lowest BCUT2D eigenvalue weighted by Gasteiger charge is -2.37. The van der Waals surface area contributed by atoms with Gasteiger partial charge in [0.1, 0.15) is 11.7 Å². The molecular weight excluding hydrogens is 260 g/mol. The average molecular weight is 278 g/mol. The number of carbonyl (C=O) groups is 2. The van der Waals surface area contributed by atoms with Crippen molar-refractivity contribution < 1.29 is 34.0 Å². The maximum atomic E-state index is 11.2. The lowest BCUT2D eigenvalue weighted by atomic mass is 9.99. The Balaban J connectivity index is 5.80. The van der Waals surface area contributed by atoms with Gasteiger partial charge in [-0.3, -0.25) is 0 Å². The van der Waals surface area contributed by atoms with Crippen molar-refractivity contribution >= 4 is 22.2 Å². The molecule has 0 bridgehead atoms. The molecule has 0 aliphatic heterocycles. The third-order valence-electron chi connectivity index (χ3n) is 2.56. The van der Waals surface area contributed by atoms with E-state index in [1.165, 1.54) is 21.3 Å². The number of aliphatic carboxylic acids is 2. The Hall–Kier alpha value is -1.22. The first-order chi connectivity index (χ1) is 8.39. The largest absolute Gasteiger partial charge is 0.478 e. The minimum atomic E-state index is -1.74. The zero-order chi connectivity index (χ0) is 14.3. The van der Waals surface area contributed by atoms with Gasteiger partial charge in [-0.05, 0) is 6.04 Å². The fraction of sp³-hybridized carbons (Fsp3) is 0.600. The topological polar surface area (TPSA) is 102 Å². The Morgan fingerprint density at radius 1 is 1.28 bits per heavy atom. The molecule has 7 nitrogen and oxygen atoms in total. The zero-order valence-corrected chi connectivity index (χ0v) is 12.8. The summed E-state index contributed by atoms with van der Waals surface area (Å²) in [5, 5.41) is 17.9. The molecule has 0 amide bonds. The van der Waals surface area contributed by atoms with Gasteiger partial charge in [-0.25, -0.2) is 9.59 Å². The van der Waals surface area contributed by atoms with E-state index < -0.39 is 29.4 Å². The van der Waals surface area contributed by atoms with Crippen LogP contribution >= 0.6 is 0 Å². The molecule has 0 radical (unpaired) electrons. The maximum absolute atomic E-state index is 11.2. The average Bonchev–Trinajstić information content (AvgIpc) is 2.33. The second-order valence-corrected chi connectivity index (χ2v) is 4.23. The fourth-order valence-electron chi connectivity index (χ4n) is 1.76. The van der Waals surface area contributed by atoms with Crippen LogP contribution in [0, 0.1) is 0 Å². The molecule has 1 unspecified atom stereocenters. The van der Waals surface area contributed by atoms with Gasteiger partial charge in [0, 0.05) is 37.6 Å². The summed E-state index contributed by atoms with van der Waals surface area (Å²) in [6.45, 7) is 0. The van der Waals surface area contributed by atoms with Gasteiger partial charge in [0.05, 0.1) is 0 Å². The van der Waals surface area contributed by atoms with Crippen LogP contribution in [0.1, 0.15) is 0 Å². The molecule has 0 spiro atoms. The molecule has 0 aromatic rings. The first-order valence-electron chi connectivity index (χ1n) is 5.21. The zero-order valence-electron chi connectivity index (χ0n) is 10.8. The second-order valence-electron chi connectivity index (χ2n) is 3.41. The monoisotopic (exact) mass is 278 g/mol. The highest BCUT2D eigenvalue weighted by Crippen LogP contribution is 2.30.